The Morgan fingerprint density at radius 1 is 0.944 bits per heavy atom. The molecule has 4 heteroatoms. The fraction of sp³-hybridized carbons (Fsp3) is 0.143. The Hall–Kier alpha value is -1.87. The van der Waals surface area contributed by atoms with E-state index in [0.717, 1.165) is 22.6 Å². The van der Waals surface area contributed by atoms with Crippen LogP contribution in [0.5, 0.6) is 11.5 Å². The van der Waals surface area contributed by atoms with Gasteiger partial charge in [0.05, 0.1) is 0 Å². The van der Waals surface area contributed by atoms with E-state index in [4.69, 9.17) is 26.8 Å². The third-order valence-corrected chi connectivity index (χ3v) is 3.10. The first-order valence-electron chi connectivity index (χ1n) is 5.69. The first kappa shape index (κ1) is 11.2. The summed E-state index contributed by atoms with van der Waals surface area (Å²) in [5.41, 5.74) is 8.53. The predicted molar refractivity (Wildman–Crippen MR) is 72.3 cm³/mol. The summed E-state index contributed by atoms with van der Waals surface area (Å²) in [4.78, 5) is 0. The molecule has 3 nitrogen and oxygen atoms in total. The molecule has 3 rings (SSSR count). The summed E-state index contributed by atoms with van der Waals surface area (Å²) in [7, 11) is 0. The maximum absolute atomic E-state index is 6.00. The van der Waals surface area contributed by atoms with Crippen molar-refractivity contribution in [2.75, 3.05) is 18.9 Å². The molecule has 18 heavy (non-hydrogen) atoms. The Labute approximate surface area is 110 Å². The van der Waals surface area contributed by atoms with Crippen molar-refractivity contribution in [3.05, 3.63) is 41.4 Å². The van der Waals surface area contributed by atoms with Crippen molar-refractivity contribution < 1.29 is 9.47 Å². The van der Waals surface area contributed by atoms with Crippen LogP contribution in [0.3, 0.4) is 0 Å². The first-order chi connectivity index (χ1) is 8.74. The van der Waals surface area contributed by atoms with E-state index < -0.39 is 0 Å². The normalized spacial score (nSPS) is 13.4. The van der Waals surface area contributed by atoms with E-state index in [1.807, 2.05) is 24.3 Å². The number of fused-ring (bicyclic) bond motifs is 1. The summed E-state index contributed by atoms with van der Waals surface area (Å²) >= 11 is 6.00. The highest BCUT2D eigenvalue weighted by Crippen LogP contribution is 2.37. The largest absolute Gasteiger partial charge is 0.486 e. The van der Waals surface area contributed by atoms with Gasteiger partial charge in [-0.25, -0.2) is 0 Å². The van der Waals surface area contributed by atoms with Gasteiger partial charge in [-0.1, -0.05) is 17.7 Å². The van der Waals surface area contributed by atoms with Crippen molar-refractivity contribution in [1.29, 1.82) is 0 Å². The van der Waals surface area contributed by atoms with Gasteiger partial charge in [0.2, 0.25) is 0 Å². The number of ether oxygens (including phenoxy) is 2. The lowest BCUT2D eigenvalue weighted by molar-refractivity contribution is 0.171. The van der Waals surface area contributed by atoms with Gasteiger partial charge in [-0.15, -0.1) is 0 Å². The number of rotatable bonds is 1. The third-order valence-electron chi connectivity index (χ3n) is 2.87. The van der Waals surface area contributed by atoms with E-state index in [2.05, 4.69) is 0 Å². The number of nitrogen functional groups attached to an aromatic ring is 1. The van der Waals surface area contributed by atoms with Crippen molar-refractivity contribution in [3.63, 3.8) is 0 Å². The molecule has 0 aliphatic carbocycles. The molecule has 2 N–H and O–H groups in total. The van der Waals surface area contributed by atoms with Crippen LogP contribution in [0.2, 0.25) is 5.02 Å². The van der Waals surface area contributed by atoms with Crippen molar-refractivity contribution in [1.82, 2.24) is 0 Å². The van der Waals surface area contributed by atoms with E-state index in [1.54, 1.807) is 12.1 Å². The molecule has 0 radical (unpaired) electrons. The zero-order valence-corrected chi connectivity index (χ0v) is 10.4. The number of halogens is 1. The SMILES string of the molecule is Nc1ccc(Cl)cc1-c1ccc2c(c1)OCCO2. The van der Waals surface area contributed by atoms with E-state index in [-0.39, 0.29) is 0 Å². The maximum atomic E-state index is 6.00. The second-order valence-electron chi connectivity index (χ2n) is 4.09. The summed E-state index contributed by atoms with van der Waals surface area (Å²) in [5, 5.41) is 0.661. The molecule has 0 amide bonds. The number of nitrogens with two attached hydrogens (primary N) is 1. The van der Waals surface area contributed by atoms with E-state index >= 15 is 0 Å². The molecule has 0 aromatic heterocycles. The molecule has 1 aliphatic heterocycles. The number of hydrogen-bond donors (Lipinski definition) is 1. The van der Waals surface area contributed by atoms with Gasteiger partial charge in [0.1, 0.15) is 13.2 Å². The quantitative estimate of drug-likeness (QED) is 0.801. The third kappa shape index (κ3) is 1.97. The van der Waals surface area contributed by atoms with Gasteiger partial charge in [-0.3, -0.25) is 0 Å². The second-order valence-corrected chi connectivity index (χ2v) is 4.53. The van der Waals surface area contributed by atoms with Crippen LogP contribution < -0.4 is 15.2 Å². The molecule has 92 valence electrons. The lowest BCUT2D eigenvalue weighted by Crippen LogP contribution is -2.15. The van der Waals surface area contributed by atoms with Crippen molar-refractivity contribution in [2.45, 2.75) is 0 Å². The van der Waals surface area contributed by atoms with Crippen LogP contribution in [-0.4, -0.2) is 13.2 Å². The van der Waals surface area contributed by atoms with Crippen LogP contribution >= 0.6 is 11.6 Å². The Balaban J connectivity index is 2.09. The Morgan fingerprint density at radius 3 is 2.56 bits per heavy atom. The van der Waals surface area contributed by atoms with Gasteiger partial charge >= 0.3 is 0 Å². The molecule has 2 aromatic rings. The zero-order valence-electron chi connectivity index (χ0n) is 9.65. The van der Waals surface area contributed by atoms with Crippen LogP contribution in [0.4, 0.5) is 5.69 Å². The second kappa shape index (κ2) is 4.42. The average molecular weight is 262 g/mol. The number of benzene rings is 2. The lowest BCUT2D eigenvalue weighted by atomic mass is 10.0. The molecular formula is C14H12ClNO2. The van der Waals surface area contributed by atoms with Gasteiger partial charge in [-0.05, 0) is 35.9 Å². The molecule has 0 bridgehead atoms. The maximum Gasteiger partial charge on any atom is 0.161 e. The first-order valence-corrected chi connectivity index (χ1v) is 6.07. The van der Waals surface area contributed by atoms with Crippen molar-refractivity contribution in [2.24, 2.45) is 0 Å². The Bertz CT molecular complexity index is 598. The minimum atomic E-state index is 0.571. The van der Waals surface area contributed by atoms with Crippen molar-refractivity contribution in [3.8, 4) is 22.6 Å². The molecule has 2 aromatic carbocycles. The highest BCUT2D eigenvalue weighted by atomic mass is 35.5. The van der Waals surface area contributed by atoms with Crippen LogP contribution in [0.25, 0.3) is 11.1 Å². The highest BCUT2D eigenvalue weighted by Gasteiger charge is 2.13. The predicted octanol–water partition coefficient (Wildman–Crippen LogP) is 3.36. The van der Waals surface area contributed by atoms with E-state index in [9.17, 15) is 0 Å². The molecule has 0 fully saturated rings. The molecule has 1 aliphatic rings. The van der Waals surface area contributed by atoms with Gasteiger partial charge in [-0.2, -0.15) is 0 Å². The summed E-state index contributed by atoms with van der Waals surface area (Å²) < 4.78 is 11.0. The van der Waals surface area contributed by atoms with Crippen LogP contribution in [0.15, 0.2) is 36.4 Å². The van der Waals surface area contributed by atoms with Gasteiger partial charge in [0.15, 0.2) is 11.5 Å². The topological polar surface area (TPSA) is 44.5 Å². The molecule has 1 heterocycles. The summed E-state index contributed by atoms with van der Waals surface area (Å²) in [6.45, 7) is 1.16. The minimum Gasteiger partial charge on any atom is -0.486 e. The lowest BCUT2D eigenvalue weighted by Gasteiger charge is -2.19. The molecule has 0 unspecified atom stereocenters. The minimum absolute atomic E-state index is 0.571. The highest BCUT2D eigenvalue weighted by molar-refractivity contribution is 6.31. The van der Waals surface area contributed by atoms with Crippen molar-refractivity contribution >= 4 is 17.3 Å². The fourth-order valence-electron chi connectivity index (χ4n) is 1.99. The fourth-order valence-corrected chi connectivity index (χ4v) is 2.16. The van der Waals surface area contributed by atoms with Crippen LogP contribution in [0.1, 0.15) is 0 Å². The van der Waals surface area contributed by atoms with Crippen LogP contribution in [-0.2, 0) is 0 Å². The number of hydrogen-bond acceptors (Lipinski definition) is 3. The summed E-state index contributed by atoms with van der Waals surface area (Å²) in [6.07, 6.45) is 0. The molecule has 0 atom stereocenters. The summed E-state index contributed by atoms with van der Waals surface area (Å²) in [5.74, 6) is 1.52. The summed E-state index contributed by atoms with van der Waals surface area (Å²) in [6, 6.07) is 11.2. The molecule has 0 saturated carbocycles. The molecular weight excluding hydrogens is 250 g/mol. The molecule has 0 spiro atoms. The van der Waals surface area contributed by atoms with Gasteiger partial charge in [0.25, 0.3) is 0 Å². The van der Waals surface area contributed by atoms with Gasteiger partial charge in [0, 0.05) is 16.3 Å². The van der Waals surface area contributed by atoms with E-state index in [0.29, 0.717) is 23.9 Å². The Morgan fingerprint density at radius 2 is 1.72 bits per heavy atom. The van der Waals surface area contributed by atoms with Gasteiger partial charge < -0.3 is 15.2 Å². The van der Waals surface area contributed by atoms with Crippen LogP contribution in [0, 0.1) is 0 Å². The zero-order chi connectivity index (χ0) is 12.5. The van der Waals surface area contributed by atoms with E-state index in [1.165, 1.54) is 0 Å². The molecule has 0 saturated heterocycles. The Kier molecular flexibility index (Phi) is 2.76. The standard InChI is InChI=1S/C14H12ClNO2/c15-10-2-3-12(16)11(8-10)9-1-4-13-14(7-9)18-6-5-17-13/h1-4,7-8H,5-6,16H2. The number of anilines is 1. The average Bonchev–Trinajstić information content (AvgIpc) is 2.41. The monoisotopic (exact) mass is 261 g/mol. The smallest absolute Gasteiger partial charge is 0.161 e.